The van der Waals surface area contributed by atoms with Crippen LogP contribution in [0.15, 0.2) is 0 Å². The van der Waals surface area contributed by atoms with Crippen LogP contribution in [0.5, 0.6) is 0 Å². The van der Waals surface area contributed by atoms with Gasteiger partial charge in [-0.15, -0.1) is 0 Å². The Bertz CT molecular complexity index is 330. The van der Waals surface area contributed by atoms with Crippen LogP contribution in [0.2, 0.25) is 0 Å². The van der Waals surface area contributed by atoms with Gasteiger partial charge in [-0.1, -0.05) is 12.8 Å². The molecule has 2 aliphatic rings. The first-order valence-electron chi connectivity index (χ1n) is 6.83. The van der Waals surface area contributed by atoms with Crippen molar-refractivity contribution in [3.8, 4) is 0 Å². The highest BCUT2D eigenvalue weighted by molar-refractivity contribution is 5.80. The second kappa shape index (κ2) is 5.59. The molecule has 5 nitrogen and oxygen atoms in total. The van der Waals surface area contributed by atoms with E-state index in [9.17, 15) is 9.59 Å². The summed E-state index contributed by atoms with van der Waals surface area (Å²) in [6.07, 6.45) is 7.03. The summed E-state index contributed by atoms with van der Waals surface area (Å²) in [6.45, 7) is 0.566. The van der Waals surface area contributed by atoms with Crippen LogP contribution in [-0.4, -0.2) is 53.1 Å². The number of nitrogens with zero attached hydrogens (tertiary/aromatic N) is 2. The van der Waals surface area contributed by atoms with Crippen molar-refractivity contribution >= 4 is 12.0 Å². The third kappa shape index (κ3) is 2.76. The second-order valence-corrected chi connectivity index (χ2v) is 5.48. The van der Waals surface area contributed by atoms with Crippen LogP contribution in [0, 0.1) is 5.92 Å². The fraction of sp³-hybridized carbons (Fsp3) is 0.846. The Hall–Kier alpha value is -1.26. The zero-order valence-electron chi connectivity index (χ0n) is 11.0. The third-order valence-electron chi connectivity index (χ3n) is 4.19. The molecule has 2 amide bonds. The molecular weight excluding hydrogens is 232 g/mol. The quantitative estimate of drug-likeness (QED) is 0.817. The van der Waals surface area contributed by atoms with Gasteiger partial charge in [-0.05, 0) is 31.6 Å². The predicted octanol–water partition coefficient (Wildman–Crippen LogP) is 1.78. The van der Waals surface area contributed by atoms with Crippen LogP contribution < -0.4 is 0 Å². The van der Waals surface area contributed by atoms with Gasteiger partial charge < -0.3 is 14.9 Å². The Labute approximate surface area is 108 Å². The minimum atomic E-state index is -0.956. The molecule has 2 atom stereocenters. The number of fused-ring (bicyclic) bond motifs is 1. The summed E-state index contributed by atoms with van der Waals surface area (Å²) < 4.78 is 0. The maximum atomic E-state index is 12.3. The summed E-state index contributed by atoms with van der Waals surface area (Å²) >= 11 is 0. The zero-order chi connectivity index (χ0) is 13.1. The minimum absolute atomic E-state index is 0.117. The van der Waals surface area contributed by atoms with Crippen LogP contribution >= 0.6 is 0 Å². The molecule has 1 aliphatic heterocycles. The van der Waals surface area contributed by atoms with Gasteiger partial charge in [-0.25, -0.2) is 4.79 Å². The SMILES string of the molecule is CN(CC(=O)O)C(=O)N1CCCC2CCCCC21. The van der Waals surface area contributed by atoms with Crippen molar-refractivity contribution in [3.05, 3.63) is 0 Å². The number of carbonyl (C=O) groups excluding carboxylic acids is 1. The van der Waals surface area contributed by atoms with Crippen molar-refractivity contribution in [1.82, 2.24) is 9.80 Å². The molecule has 1 N–H and O–H groups in total. The standard InChI is InChI=1S/C13H22N2O3/c1-14(9-12(16)17)13(18)15-8-4-6-10-5-2-3-7-11(10)15/h10-11H,2-9H2,1H3,(H,16,17). The molecule has 1 saturated heterocycles. The first kappa shape index (κ1) is 13.2. The number of likely N-dealkylation sites (N-methyl/N-ethyl adjacent to an activating group) is 1. The Morgan fingerprint density at radius 3 is 2.61 bits per heavy atom. The summed E-state index contributed by atoms with van der Waals surface area (Å²) in [4.78, 5) is 26.2. The Morgan fingerprint density at radius 2 is 1.89 bits per heavy atom. The Balaban J connectivity index is 2.01. The summed E-state index contributed by atoms with van der Waals surface area (Å²) in [5.74, 6) is -0.322. The van der Waals surface area contributed by atoms with Crippen LogP contribution in [0.1, 0.15) is 38.5 Å². The maximum absolute atomic E-state index is 12.3. The number of amides is 2. The van der Waals surface area contributed by atoms with Crippen molar-refractivity contribution < 1.29 is 14.7 Å². The highest BCUT2D eigenvalue weighted by Gasteiger charge is 2.36. The lowest BCUT2D eigenvalue weighted by molar-refractivity contribution is -0.137. The van der Waals surface area contributed by atoms with Crippen molar-refractivity contribution in [2.45, 2.75) is 44.6 Å². The number of aliphatic carboxylic acids is 1. The third-order valence-corrected chi connectivity index (χ3v) is 4.19. The Kier molecular flexibility index (Phi) is 4.09. The molecule has 2 fully saturated rings. The fourth-order valence-corrected chi connectivity index (χ4v) is 3.35. The molecule has 1 heterocycles. The molecule has 0 aromatic carbocycles. The summed E-state index contributed by atoms with van der Waals surface area (Å²) in [5.41, 5.74) is 0. The van der Waals surface area contributed by atoms with E-state index in [2.05, 4.69) is 0 Å². The number of hydrogen-bond acceptors (Lipinski definition) is 2. The van der Waals surface area contributed by atoms with Gasteiger partial charge in [0.05, 0.1) is 0 Å². The molecular formula is C13H22N2O3. The van der Waals surface area contributed by atoms with E-state index < -0.39 is 5.97 Å². The Morgan fingerprint density at radius 1 is 1.22 bits per heavy atom. The van der Waals surface area contributed by atoms with Crippen molar-refractivity contribution in [3.63, 3.8) is 0 Å². The molecule has 18 heavy (non-hydrogen) atoms. The fourth-order valence-electron chi connectivity index (χ4n) is 3.35. The normalized spacial score (nSPS) is 27.5. The molecule has 0 radical (unpaired) electrons. The van der Waals surface area contributed by atoms with Gasteiger partial charge in [0, 0.05) is 19.6 Å². The lowest BCUT2D eigenvalue weighted by Crippen LogP contribution is -2.54. The van der Waals surface area contributed by atoms with Gasteiger partial charge in [-0.3, -0.25) is 4.79 Å². The minimum Gasteiger partial charge on any atom is -0.480 e. The van der Waals surface area contributed by atoms with E-state index in [4.69, 9.17) is 5.11 Å². The summed E-state index contributed by atoms with van der Waals surface area (Å²) in [7, 11) is 1.57. The van der Waals surface area contributed by atoms with Crippen molar-refractivity contribution in [2.24, 2.45) is 5.92 Å². The first-order chi connectivity index (χ1) is 8.59. The lowest BCUT2D eigenvalue weighted by atomic mass is 9.78. The van der Waals surface area contributed by atoms with Crippen LogP contribution in [0.3, 0.4) is 0 Å². The van der Waals surface area contributed by atoms with E-state index in [1.165, 1.54) is 30.6 Å². The molecule has 0 aromatic heterocycles. The van der Waals surface area contributed by atoms with Gasteiger partial charge >= 0.3 is 12.0 Å². The van der Waals surface area contributed by atoms with Gasteiger partial charge in [0.2, 0.25) is 0 Å². The number of rotatable bonds is 2. The second-order valence-electron chi connectivity index (χ2n) is 5.48. The molecule has 0 bridgehead atoms. The van der Waals surface area contributed by atoms with E-state index in [1.54, 1.807) is 7.05 Å². The van der Waals surface area contributed by atoms with E-state index in [1.807, 2.05) is 4.90 Å². The lowest BCUT2D eigenvalue weighted by Gasteiger charge is -2.45. The van der Waals surface area contributed by atoms with E-state index in [0.717, 1.165) is 19.4 Å². The summed E-state index contributed by atoms with van der Waals surface area (Å²) in [5, 5.41) is 8.75. The molecule has 5 heteroatoms. The molecule has 0 spiro atoms. The monoisotopic (exact) mass is 254 g/mol. The number of carboxylic acids is 1. The van der Waals surface area contributed by atoms with E-state index >= 15 is 0 Å². The maximum Gasteiger partial charge on any atom is 0.323 e. The van der Waals surface area contributed by atoms with Crippen LogP contribution in [0.25, 0.3) is 0 Å². The number of likely N-dealkylation sites (tertiary alicyclic amines) is 1. The van der Waals surface area contributed by atoms with Gasteiger partial charge in [0.1, 0.15) is 6.54 Å². The number of carbonyl (C=O) groups is 2. The predicted molar refractivity (Wildman–Crippen MR) is 67.3 cm³/mol. The van der Waals surface area contributed by atoms with Crippen molar-refractivity contribution in [1.29, 1.82) is 0 Å². The van der Waals surface area contributed by atoms with E-state index in [-0.39, 0.29) is 12.6 Å². The van der Waals surface area contributed by atoms with Gasteiger partial charge in [0.15, 0.2) is 0 Å². The van der Waals surface area contributed by atoms with Gasteiger partial charge in [0.25, 0.3) is 0 Å². The largest absolute Gasteiger partial charge is 0.480 e. The molecule has 2 unspecified atom stereocenters. The molecule has 2 rings (SSSR count). The number of piperidine rings is 1. The average Bonchev–Trinajstić information content (AvgIpc) is 2.36. The number of carboxylic acid groups (broad SMARTS) is 1. The molecule has 1 aliphatic carbocycles. The summed E-state index contributed by atoms with van der Waals surface area (Å²) in [6, 6.07) is 0.227. The number of urea groups is 1. The smallest absolute Gasteiger partial charge is 0.323 e. The zero-order valence-corrected chi connectivity index (χ0v) is 11.0. The topological polar surface area (TPSA) is 60.9 Å². The van der Waals surface area contributed by atoms with Crippen LogP contribution in [-0.2, 0) is 4.79 Å². The highest BCUT2D eigenvalue weighted by Crippen LogP contribution is 2.35. The van der Waals surface area contributed by atoms with Crippen molar-refractivity contribution in [2.75, 3.05) is 20.1 Å². The van der Waals surface area contributed by atoms with Crippen LogP contribution in [0.4, 0.5) is 4.79 Å². The average molecular weight is 254 g/mol. The first-order valence-corrected chi connectivity index (χ1v) is 6.83. The highest BCUT2D eigenvalue weighted by atomic mass is 16.4. The van der Waals surface area contributed by atoms with Gasteiger partial charge in [-0.2, -0.15) is 0 Å². The molecule has 102 valence electrons. The molecule has 1 saturated carbocycles. The van der Waals surface area contributed by atoms with E-state index in [0.29, 0.717) is 12.0 Å². The number of hydrogen-bond donors (Lipinski definition) is 1. The molecule has 0 aromatic rings.